The summed E-state index contributed by atoms with van der Waals surface area (Å²) in [6.45, 7) is 3.65. The zero-order valence-electron chi connectivity index (χ0n) is 20.9. The molecule has 15 heteroatoms. The second-order valence-corrected chi connectivity index (χ2v) is 9.44. The topological polar surface area (TPSA) is 252 Å². The summed E-state index contributed by atoms with van der Waals surface area (Å²) in [5, 5.41) is 25.8. The highest BCUT2D eigenvalue weighted by Crippen LogP contribution is 2.07. The number of aliphatic carboxylic acids is 2. The molecule has 0 aromatic carbocycles. The van der Waals surface area contributed by atoms with Crippen LogP contribution in [0.1, 0.15) is 46.0 Å². The van der Waals surface area contributed by atoms with Crippen LogP contribution in [0.4, 0.5) is 0 Å². The summed E-state index contributed by atoms with van der Waals surface area (Å²) < 4.78 is 0. The number of thioether (sulfide) groups is 1. The molecule has 0 saturated carbocycles. The van der Waals surface area contributed by atoms with Crippen molar-refractivity contribution < 1.29 is 34.2 Å². The quantitative estimate of drug-likeness (QED) is 0.0553. The molecule has 3 amide bonds. The Morgan fingerprint density at radius 2 is 1.39 bits per heavy atom. The van der Waals surface area contributed by atoms with Gasteiger partial charge in [-0.15, -0.1) is 0 Å². The van der Waals surface area contributed by atoms with Crippen LogP contribution in [0.2, 0.25) is 0 Å². The largest absolute Gasteiger partial charge is 0.481 e. The molecule has 0 radical (unpaired) electrons. The van der Waals surface area contributed by atoms with Gasteiger partial charge >= 0.3 is 11.9 Å². The summed E-state index contributed by atoms with van der Waals surface area (Å²) >= 11 is 1.40. The van der Waals surface area contributed by atoms with Crippen molar-refractivity contribution in [3.63, 3.8) is 0 Å². The van der Waals surface area contributed by atoms with E-state index in [1.54, 1.807) is 20.1 Å². The molecular weight excluding hydrogens is 494 g/mol. The maximum absolute atomic E-state index is 13.1. The first kappa shape index (κ1) is 32.9. The van der Waals surface area contributed by atoms with Crippen LogP contribution >= 0.6 is 11.8 Å². The van der Waals surface area contributed by atoms with Crippen LogP contribution in [-0.4, -0.2) is 88.6 Å². The van der Waals surface area contributed by atoms with E-state index in [-0.39, 0.29) is 37.7 Å². The van der Waals surface area contributed by atoms with Gasteiger partial charge in [0.1, 0.15) is 18.1 Å². The molecule has 0 spiro atoms. The molecule has 0 aliphatic heterocycles. The predicted molar refractivity (Wildman–Crippen MR) is 136 cm³/mol. The van der Waals surface area contributed by atoms with Crippen LogP contribution in [0.5, 0.6) is 0 Å². The van der Waals surface area contributed by atoms with Gasteiger partial charge in [-0.1, -0.05) is 13.8 Å². The number of carbonyl (C=O) groups excluding carboxylic acids is 3. The first-order valence-electron chi connectivity index (χ1n) is 11.5. The Hall–Kier alpha value is -3.07. The third kappa shape index (κ3) is 13.7. The van der Waals surface area contributed by atoms with Gasteiger partial charge in [-0.05, 0) is 43.6 Å². The number of hydrogen-bond donors (Lipinski definition) is 8. The maximum atomic E-state index is 13.1. The first-order chi connectivity index (χ1) is 16.8. The van der Waals surface area contributed by atoms with E-state index in [1.165, 1.54) is 11.8 Å². The van der Waals surface area contributed by atoms with Crippen LogP contribution < -0.4 is 33.2 Å². The van der Waals surface area contributed by atoms with Crippen molar-refractivity contribution in [2.45, 2.75) is 70.1 Å². The second kappa shape index (κ2) is 17.4. The Balaban J connectivity index is 5.64. The lowest BCUT2D eigenvalue weighted by atomic mass is 10.0. The van der Waals surface area contributed by atoms with Gasteiger partial charge in [0, 0.05) is 13.0 Å². The Kier molecular flexibility index (Phi) is 15.9. The van der Waals surface area contributed by atoms with Gasteiger partial charge in [0.25, 0.3) is 0 Å². The van der Waals surface area contributed by atoms with Crippen molar-refractivity contribution >= 4 is 47.4 Å². The molecule has 0 rings (SSSR count). The van der Waals surface area contributed by atoms with E-state index in [1.807, 2.05) is 0 Å². The minimum Gasteiger partial charge on any atom is -0.481 e. The number of nitrogens with zero attached hydrogens (tertiary/aromatic N) is 1. The fraction of sp³-hybridized carbons (Fsp3) is 0.714. The lowest BCUT2D eigenvalue weighted by molar-refractivity contribution is -0.143. The molecule has 4 atom stereocenters. The Labute approximate surface area is 214 Å². The fourth-order valence-corrected chi connectivity index (χ4v) is 3.39. The number of nitrogens with one attached hydrogen (secondary N) is 3. The lowest BCUT2D eigenvalue weighted by Gasteiger charge is -2.25. The standard InChI is InChI=1S/C21H39N7O7S/c1-11(2)16(22)19(33)27-12(5-4-9-25-21(23)24)17(31)26-13(6-7-15(29)30)18(32)28-14(20(34)35)8-10-36-3/h11-14,16H,4-10,22H2,1-3H3,(H,26,31)(H,27,33)(H,28,32)(H,29,30)(H,34,35)(H4,23,24,25). The molecule has 0 aliphatic carbocycles. The van der Waals surface area contributed by atoms with Gasteiger partial charge in [-0.3, -0.25) is 24.2 Å². The molecular formula is C21H39N7O7S. The van der Waals surface area contributed by atoms with E-state index >= 15 is 0 Å². The molecule has 11 N–H and O–H groups in total. The summed E-state index contributed by atoms with van der Waals surface area (Å²) in [6.07, 6.45) is 1.57. The number of nitrogens with two attached hydrogens (primary N) is 3. The summed E-state index contributed by atoms with van der Waals surface area (Å²) in [7, 11) is 0. The molecule has 206 valence electrons. The number of rotatable bonds is 18. The Morgan fingerprint density at radius 1 is 0.861 bits per heavy atom. The highest BCUT2D eigenvalue weighted by Gasteiger charge is 2.30. The molecule has 36 heavy (non-hydrogen) atoms. The van der Waals surface area contributed by atoms with E-state index in [0.717, 1.165) is 0 Å². The van der Waals surface area contributed by atoms with Crippen molar-refractivity contribution in [1.82, 2.24) is 16.0 Å². The molecule has 0 aromatic heterocycles. The van der Waals surface area contributed by atoms with Crippen LogP contribution in [0.25, 0.3) is 0 Å². The maximum Gasteiger partial charge on any atom is 0.326 e. The highest BCUT2D eigenvalue weighted by atomic mass is 32.2. The molecule has 0 bridgehead atoms. The number of carboxylic acid groups (broad SMARTS) is 2. The van der Waals surface area contributed by atoms with Crippen molar-refractivity contribution in [2.75, 3.05) is 18.6 Å². The number of carboxylic acids is 2. The van der Waals surface area contributed by atoms with Crippen molar-refractivity contribution in [2.24, 2.45) is 28.1 Å². The van der Waals surface area contributed by atoms with E-state index in [2.05, 4.69) is 20.9 Å². The van der Waals surface area contributed by atoms with Gasteiger partial charge in [-0.2, -0.15) is 11.8 Å². The number of carbonyl (C=O) groups is 5. The summed E-state index contributed by atoms with van der Waals surface area (Å²) in [5.74, 6) is -4.53. The average molecular weight is 534 g/mol. The van der Waals surface area contributed by atoms with Gasteiger partial charge in [-0.25, -0.2) is 4.79 Å². The third-order valence-electron chi connectivity index (χ3n) is 5.10. The monoisotopic (exact) mass is 533 g/mol. The van der Waals surface area contributed by atoms with Gasteiger partial charge in [0.15, 0.2) is 5.96 Å². The van der Waals surface area contributed by atoms with Crippen molar-refractivity contribution in [1.29, 1.82) is 0 Å². The summed E-state index contributed by atoms with van der Waals surface area (Å²) in [4.78, 5) is 64.8. The van der Waals surface area contributed by atoms with E-state index < -0.39 is 60.2 Å². The lowest BCUT2D eigenvalue weighted by Crippen LogP contribution is -2.57. The van der Waals surface area contributed by atoms with Crippen LogP contribution in [0, 0.1) is 5.92 Å². The fourth-order valence-electron chi connectivity index (χ4n) is 2.92. The summed E-state index contributed by atoms with van der Waals surface area (Å²) in [6, 6.07) is -4.57. The third-order valence-corrected chi connectivity index (χ3v) is 5.75. The van der Waals surface area contributed by atoms with E-state index in [4.69, 9.17) is 22.3 Å². The van der Waals surface area contributed by atoms with Gasteiger partial charge < -0.3 is 43.4 Å². The van der Waals surface area contributed by atoms with Crippen LogP contribution in [-0.2, 0) is 24.0 Å². The van der Waals surface area contributed by atoms with Gasteiger partial charge in [0.05, 0.1) is 6.04 Å². The highest BCUT2D eigenvalue weighted by molar-refractivity contribution is 7.98. The molecule has 0 saturated heterocycles. The average Bonchev–Trinajstić information content (AvgIpc) is 2.79. The van der Waals surface area contributed by atoms with E-state index in [9.17, 15) is 29.1 Å². The number of aliphatic imine (C=N–C) groups is 1. The zero-order chi connectivity index (χ0) is 27.8. The normalized spacial score (nSPS) is 14.1. The zero-order valence-corrected chi connectivity index (χ0v) is 21.7. The van der Waals surface area contributed by atoms with E-state index in [0.29, 0.717) is 12.2 Å². The Morgan fingerprint density at radius 3 is 1.86 bits per heavy atom. The van der Waals surface area contributed by atoms with Crippen LogP contribution in [0.3, 0.4) is 0 Å². The number of guanidine groups is 1. The van der Waals surface area contributed by atoms with Gasteiger partial charge in [0.2, 0.25) is 17.7 Å². The molecule has 0 aromatic rings. The second-order valence-electron chi connectivity index (χ2n) is 8.45. The Bertz CT molecular complexity index is 791. The molecule has 4 unspecified atom stereocenters. The first-order valence-corrected chi connectivity index (χ1v) is 12.8. The summed E-state index contributed by atoms with van der Waals surface area (Å²) in [5.41, 5.74) is 16.5. The van der Waals surface area contributed by atoms with Crippen LogP contribution in [0.15, 0.2) is 4.99 Å². The number of hydrogen-bond acceptors (Lipinski definition) is 8. The molecule has 14 nitrogen and oxygen atoms in total. The minimum absolute atomic E-state index is 0.0952. The van der Waals surface area contributed by atoms with Crippen molar-refractivity contribution in [3.05, 3.63) is 0 Å². The minimum atomic E-state index is -1.35. The number of amides is 3. The van der Waals surface area contributed by atoms with Crippen molar-refractivity contribution in [3.8, 4) is 0 Å². The molecule has 0 heterocycles. The predicted octanol–water partition coefficient (Wildman–Crippen LogP) is -1.82. The molecule has 0 aliphatic rings. The SMILES string of the molecule is CSCCC(NC(=O)C(CCC(=O)O)NC(=O)C(CCCN=C(N)N)NC(=O)C(N)C(C)C)C(=O)O. The molecule has 0 fully saturated rings. The smallest absolute Gasteiger partial charge is 0.326 e.